The smallest absolute Gasteiger partial charge is 0.103 e. The predicted octanol–water partition coefficient (Wildman–Crippen LogP) is 4.79. The van der Waals surface area contributed by atoms with E-state index in [-0.39, 0.29) is 5.41 Å². The lowest BCUT2D eigenvalue weighted by atomic mass is 9.96. The zero-order valence-electron chi connectivity index (χ0n) is 22.6. The van der Waals surface area contributed by atoms with Crippen LogP contribution < -0.4 is 21.6 Å². The molecule has 2 aromatic carbocycles. The second-order valence-electron chi connectivity index (χ2n) is 10.7. The van der Waals surface area contributed by atoms with Gasteiger partial charge in [-0.15, -0.1) is 5.53 Å². The van der Waals surface area contributed by atoms with Crippen molar-refractivity contribution in [3.8, 4) is 18.2 Å². The number of nitrogens with zero attached hydrogens (tertiary/aromatic N) is 5. The van der Waals surface area contributed by atoms with Gasteiger partial charge in [-0.3, -0.25) is 9.99 Å². The van der Waals surface area contributed by atoms with Gasteiger partial charge in [0.1, 0.15) is 12.1 Å². The highest BCUT2D eigenvalue weighted by molar-refractivity contribution is 5.99. The van der Waals surface area contributed by atoms with Gasteiger partial charge in [-0.05, 0) is 48.1 Å². The van der Waals surface area contributed by atoms with E-state index >= 15 is 0 Å². The number of hydrogen-bond donors (Lipinski definition) is 4. The van der Waals surface area contributed by atoms with Crippen LogP contribution in [0.1, 0.15) is 63.3 Å². The van der Waals surface area contributed by atoms with Crippen molar-refractivity contribution in [1.82, 2.24) is 21.0 Å². The van der Waals surface area contributed by atoms with E-state index in [1.807, 2.05) is 17.3 Å². The largest absolute Gasteiger partial charge is 0.383 e. The first kappa shape index (κ1) is 23.6. The molecular weight excluding hydrogens is 474 g/mol. The number of benzene rings is 2. The van der Waals surface area contributed by atoms with Crippen LogP contribution in [0.4, 0.5) is 11.4 Å². The number of nitrogens with one attached hydrogen (secondary N) is 4. The maximum absolute atomic E-state index is 10.0. The van der Waals surface area contributed by atoms with Gasteiger partial charge in [0.15, 0.2) is 0 Å². The number of aromatic nitrogens is 1. The van der Waals surface area contributed by atoms with Crippen LogP contribution in [-0.2, 0) is 0 Å². The SMILES string of the molecule is [2H]C(Nc1cc(C#N)c2ncc(C#N)c(NCC(C)(C)C)c2c1)(C1=CN(C2CC2)NN1)c1cccc(C#N)c1. The van der Waals surface area contributed by atoms with E-state index in [9.17, 15) is 17.2 Å². The van der Waals surface area contributed by atoms with Gasteiger partial charge in [0.05, 0.1) is 47.0 Å². The molecule has 5 rings (SSSR count). The highest BCUT2D eigenvalue weighted by atomic mass is 15.7. The fraction of sp³-hybridized carbons (Fsp3) is 0.310. The Morgan fingerprint density at radius 1 is 1.13 bits per heavy atom. The first-order chi connectivity index (χ1) is 18.6. The van der Waals surface area contributed by atoms with Crippen molar-refractivity contribution in [2.75, 3.05) is 17.2 Å². The molecule has 0 saturated heterocycles. The first-order valence-corrected chi connectivity index (χ1v) is 12.5. The Morgan fingerprint density at radius 3 is 2.61 bits per heavy atom. The average Bonchev–Trinajstić information content (AvgIpc) is 3.66. The Morgan fingerprint density at radius 2 is 1.92 bits per heavy atom. The molecule has 0 bridgehead atoms. The van der Waals surface area contributed by atoms with Gasteiger partial charge in [0, 0.05) is 36.1 Å². The van der Waals surface area contributed by atoms with Gasteiger partial charge in [0.25, 0.3) is 0 Å². The molecule has 1 aliphatic carbocycles. The summed E-state index contributed by atoms with van der Waals surface area (Å²) in [5, 5.41) is 38.6. The van der Waals surface area contributed by atoms with Crippen LogP contribution in [0.2, 0.25) is 0 Å². The zero-order valence-corrected chi connectivity index (χ0v) is 21.6. The molecule has 190 valence electrons. The molecular formula is C29H29N9. The Balaban J connectivity index is 1.65. The second kappa shape index (κ2) is 9.94. The monoisotopic (exact) mass is 504 g/mol. The molecule has 1 unspecified atom stereocenters. The fourth-order valence-corrected chi connectivity index (χ4v) is 4.28. The molecule has 38 heavy (non-hydrogen) atoms. The standard InChI is InChI=1S/C29H29N9/c1-29(2,3)17-34-27-21(14-32)15-33-26-20(13-31)10-22(11-24(26)27)35-28(19-6-4-5-18(9-19)12-30)25-16-38(37-36-25)23-7-8-23/h4-6,9-11,15-16,23,28,35-37H,7-8,17H2,1-3H3,(H,33,34)/i28D. The van der Waals surface area contributed by atoms with Crippen molar-refractivity contribution < 1.29 is 1.37 Å². The summed E-state index contributed by atoms with van der Waals surface area (Å²) < 4.78 is 9.67. The minimum atomic E-state index is -1.54. The van der Waals surface area contributed by atoms with Crippen LogP contribution in [0.5, 0.6) is 0 Å². The molecule has 1 saturated carbocycles. The average molecular weight is 505 g/mol. The summed E-state index contributed by atoms with van der Waals surface area (Å²) in [7, 11) is 0. The molecule has 0 spiro atoms. The number of pyridine rings is 1. The molecule has 2 heterocycles. The van der Waals surface area contributed by atoms with Gasteiger partial charge in [-0.25, -0.2) is 0 Å². The van der Waals surface area contributed by atoms with E-state index in [0.717, 1.165) is 12.8 Å². The van der Waals surface area contributed by atoms with E-state index in [4.69, 9.17) is 0 Å². The molecule has 4 N–H and O–H groups in total. The molecule has 9 nitrogen and oxygen atoms in total. The molecule has 1 atom stereocenters. The van der Waals surface area contributed by atoms with Gasteiger partial charge in [-0.2, -0.15) is 15.8 Å². The highest BCUT2D eigenvalue weighted by Gasteiger charge is 2.32. The van der Waals surface area contributed by atoms with Crippen LogP contribution in [0.15, 0.2) is 54.5 Å². The van der Waals surface area contributed by atoms with Crippen LogP contribution >= 0.6 is 0 Å². The number of hydrazine groups is 2. The molecule has 3 aromatic rings. The summed E-state index contributed by atoms with van der Waals surface area (Å²) in [6.07, 6.45) is 5.48. The molecule has 9 heteroatoms. The fourth-order valence-electron chi connectivity index (χ4n) is 4.28. The summed E-state index contributed by atoms with van der Waals surface area (Å²) in [4.78, 5) is 4.42. The number of rotatable bonds is 7. The Hall–Kier alpha value is -4.78. The van der Waals surface area contributed by atoms with E-state index in [0.29, 0.717) is 62.8 Å². The van der Waals surface area contributed by atoms with E-state index < -0.39 is 6.02 Å². The van der Waals surface area contributed by atoms with Crippen molar-refractivity contribution in [3.05, 3.63) is 76.7 Å². The number of anilines is 2. The summed E-state index contributed by atoms with van der Waals surface area (Å²) in [6.45, 7) is 6.87. The molecule has 1 aromatic heterocycles. The summed E-state index contributed by atoms with van der Waals surface area (Å²) in [5.41, 5.74) is 9.98. The third-order valence-electron chi connectivity index (χ3n) is 6.35. The topological polar surface area (TPSA) is 136 Å². The van der Waals surface area contributed by atoms with Crippen molar-refractivity contribution in [1.29, 1.82) is 15.8 Å². The van der Waals surface area contributed by atoms with E-state index in [1.54, 1.807) is 30.3 Å². The maximum atomic E-state index is 10.0. The third kappa shape index (κ3) is 5.18. The quantitative estimate of drug-likeness (QED) is 0.358. The molecule has 2 aliphatic rings. The lowest BCUT2D eigenvalue weighted by Crippen LogP contribution is -2.38. The Bertz CT molecular complexity index is 1600. The normalized spacial score (nSPS) is 16.8. The minimum absolute atomic E-state index is 0.0562. The summed E-state index contributed by atoms with van der Waals surface area (Å²) >= 11 is 0. The van der Waals surface area contributed by atoms with E-state index in [1.165, 1.54) is 6.20 Å². The number of nitriles is 3. The van der Waals surface area contributed by atoms with Crippen molar-refractivity contribution in [2.24, 2.45) is 5.41 Å². The van der Waals surface area contributed by atoms with Crippen molar-refractivity contribution >= 4 is 22.3 Å². The van der Waals surface area contributed by atoms with Gasteiger partial charge in [-0.1, -0.05) is 32.9 Å². The van der Waals surface area contributed by atoms with Gasteiger partial charge >= 0.3 is 0 Å². The molecule has 0 amide bonds. The first-order valence-electron chi connectivity index (χ1n) is 13.0. The number of fused-ring (bicyclic) bond motifs is 1. The highest BCUT2D eigenvalue weighted by Crippen LogP contribution is 2.35. The minimum Gasteiger partial charge on any atom is -0.383 e. The summed E-state index contributed by atoms with van der Waals surface area (Å²) in [5.74, 6) is 0. The van der Waals surface area contributed by atoms with Crippen LogP contribution in [-0.4, -0.2) is 22.6 Å². The molecule has 1 fully saturated rings. The lowest BCUT2D eigenvalue weighted by molar-refractivity contribution is 0.260. The van der Waals surface area contributed by atoms with Crippen LogP contribution in [0.3, 0.4) is 0 Å². The zero-order chi connectivity index (χ0) is 27.8. The Kier molecular flexibility index (Phi) is 6.17. The second-order valence-corrected chi connectivity index (χ2v) is 10.7. The maximum Gasteiger partial charge on any atom is 0.103 e. The van der Waals surface area contributed by atoms with Crippen LogP contribution in [0, 0.1) is 39.4 Å². The van der Waals surface area contributed by atoms with Crippen molar-refractivity contribution in [3.63, 3.8) is 0 Å². The number of hydrogen-bond acceptors (Lipinski definition) is 9. The Labute approximate surface area is 223 Å². The van der Waals surface area contributed by atoms with Gasteiger partial charge < -0.3 is 16.1 Å². The third-order valence-corrected chi connectivity index (χ3v) is 6.35. The summed E-state index contributed by atoms with van der Waals surface area (Å²) in [6, 6.07) is 15.8. The molecule has 0 radical (unpaired) electrons. The lowest BCUT2D eigenvalue weighted by Gasteiger charge is -2.23. The predicted molar refractivity (Wildman–Crippen MR) is 146 cm³/mol. The van der Waals surface area contributed by atoms with Crippen LogP contribution in [0.25, 0.3) is 10.9 Å². The van der Waals surface area contributed by atoms with Gasteiger partial charge in [0.2, 0.25) is 0 Å². The molecule has 1 aliphatic heterocycles. The van der Waals surface area contributed by atoms with E-state index in [2.05, 4.69) is 65.6 Å². The van der Waals surface area contributed by atoms with Crippen molar-refractivity contribution in [2.45, 2.75) is 45.7 Å².